The van der Waals surface area contributed by atoms with Gasteiger partial charge in [0, 0.05) is 6.54 Å². The number of nitrogens with two attached hydrogens (primary N) is 1. The van der Waals surface area contributed by atoms with E-state index in [9.17, 15) is 22.6 Å². The van der Waals surface area contributed by atoms with Gasteiger partial charge in [-0.15, -0.1) is 0 Å². The third kappa shape index (κ3) is 3.49. The van der Waals surface area contributed by atoms with E-state index in [2.05, 4.69) is 14.4 Å². The van der Waals surface area contributed by atoms with Crippen molar-refractivity contribution >= 4 is 22.3 Å². The summed E-state index contributed by atoms with van der Waals surface area (Å²) in [6, 6.07) is -2.01. The second kappa shape index (κ2) is 6.33. The minimum Gasteiger partial charge on any atom is -0.724 e. The van der Waals surface area contributed by atoms with Gasteiger partial charge in [-0.2, -0.15) is 14.3 Å². The molecule has 1 aromatic rings. The molecule has 2 saturated heterocycles. The zero-order valence-corrected chi connectivity index (χ0v) is 14.7. The summed E-state index contributed by atoms with van der Waals surface area (Å²) in [7, 11) is -5.05. The van der Waals surface area contributed by atoms with Crippen molar-refractivity contribution in [2.45, 2.75) is 24.9 Å². The molecule has 2 aliphatic rings. The van der Waals surface area contributed by atoms with Gasteiger partial charge in [-0.25, -0.2) is 13.2 Å². The number of amides is 3. The third-order valence-corrected chi connectivity index (χ3v) is 3.78. The molecular weight excluding hydrogens is 345 g/mol. The zero-order valence-electron chi connectivity index (χ0n) is 11.9. The third-order valence-electron chi connectivity index (χ3n) is 3.44. The van der Waals surface area contributed by atoms with Crippen LogP contribution < -0.4 is 35.3 Å². The number of nitrogens with zero attached hydrogens (tertiary/aromatic N) is 4. The van der Waals surface area contributed by atoms with Crippen molar-refractivity contribution in [3.05, 3.63) is 11.7 Å². The molecule has 2 fully saturated rings. The monoisotopic (exact) mass is 355 g/mol. The van der Waals surface area contributed by atoms with Crippen molar-refractivity contribution in [1.82, 2.24) is 20.1 Å². The fraction of sp³-hybridized carbons (Fsp3) is 0.556. The number of urea groups is 1. The van der Waals surface area contributed by atoms with Crippen LogP contribution in [-0.4, -0.2) is 57.6 Å². The average Bonchev–Trinajstić information content (AvgIpc) is 2.99. The number of fused-ring (bicyclic) bond motifs is 2. The first kappa shape index (κ1) is 18.1. The summed E-state index contributed by atoms with van der Waals surface area (Å²) in [5, 5.41) is 3.92. The Hall–Kier alpha value is -1.25. The number of hydroxylamine groups is 2. The van der Waals surface area contributed by atoms with E-state index in [4.69, 9.17) is 10.3 Å². The van der Waals surface area contributed by atoms with Crippen LogP contribution >= 0.6 is 0 Å². The molecule has 12 nitrogen and oxygen atoms in total. The van der Waals surface area contributed by atoms with Gasteiger partial charge in [-0.05, 0) is 12.8 Å². The minimum absolute atomic E-state index is 0. The van der Waals surface area contributed by atoms with E-state index in [-0.39, 0.29) is 47.8 Å². The van der Waals surface area contributed by atoms with E-state index in [0.717, 1.165) is 0 Å². The summed E-state index contributed by atoms with van der Waals surface area (Å²) < 4.78 is 41.1. The largest absolute Gasteiger partial charge is 1.00 e. The van der Waals surface area contributed by atoms with Gasteiger partial charge in [0.25, 0.3) is 11.7 Å². The fourth-order valence-corrected chi connectivity index (χ4v) is 2.94. The van der Waals surface area contributed by atoms with Crippen LogP contribution in [0.1, 0.15) is 35.4 Å². The number of rotatable bonds is 4. The van der Waals surface area contributed by atoms with Crippen LogP contribution in [0, 0.1) is 0 Å². The van der Waals surface area contributed by atoms with Crippen LogP contribution in [0.4, 0.5) is 4.79 Å². The van der Waals surface area contributed by atoms with Crippen LogP contribution in [0.15, 0.2) is 4.52 Å². The molecule has 0 saturated carbocycles. The van der Waals surface area contributed by atoms with E-state index in [1.165, 1.54) is 4.90 Å². The molecule has 0 aliphatic carbocycles. The zero-order chi connectivity index (χ0) is 16.1. The Kier molecular flexibility index (Phi) is 4.98. The molecular formula is C9H10N5NaO7S. The molecule has 3 amide bonds. The topological polar surface area (TPSA) is 172 Å². The Bertz CT molecular complexity index is 736. The van der Waals surface area contributed by atoms with Gasteiger partial charge in [0.1, 0.15) is 6.04 Å². The molecule has 2 aliphatic heterocycles. The van der Waals surface area contributed by atoms with E-state index in [0.29, 0.717) is 17.9 Å². The van der Waals surface area contributed by atoms with Gasteiger partial charge in [0.15, 0.2) is 0 Å². The second-order valence-corrected chi connectivity index (χ2v) is 5.78. The summed E-state index contributed by atoms with van der Waals surface area (Å²) in [5.41, 5.74) is 5.02. The SMILES string of the molecule is NC(=O)c1noc([C@@H]2CC[C@@H]3CN2C(=O)N3OS(=O)(=O)[O-])n1.[Na+]. The van der Waals surface area contributed by atoms with Crippen molar-refractivity contribution < 1.29 is 60.9 Å². The number of carbonyl (C=O) groups is 2. The van der Waals surface area contributed by atoms with Crippen molar-refractivity contribution in [3.8, 4) is 0 Å². The maximum Gasteiger partial charge on any atom is 1.00 e. The van der Waals surface area contributed by atoms with Gasteiger partial charge >= 0.3 is 35.6 Å². The minimum atomic E-state index is -5.05. The first-order valence-corrected chi connectivity index (χ1v) is 7.48. The standard InChI is InChI=1S/C9H11N5O7S.Na/c10-6(15)7-11-8(20-12-7)5-2-1-4-3-13(5)9(16)14(4)21-22(17,18)19;/h4-5H,1-3H2,(H2,10,15)(H,17,18,19);/q;+1/p-1/t4-,5+;/m1./s1. The van der Waals surface area contributed by atoms with E-state index in [1.807, 2.05) is 0 Å². The van der Waals surface area contributed by atoms with Crippen LogP contribution in [0.25, 0.3) is 0 Å². The number of primary amides is 1. The normalized spacial score (nSPS) is 23.8. The molecule has 2 N–H and O–H groups in total. The van der Waals surface area contributed by atoms with Crippen LogP contribution in [-0.2, 0) is 14.7 Å². The van der Waals surface area contributed by atoms with Gasteiger partial charge in [0.05, 0.1) is 6.04 Å². The maximum absolute atomic E-state index is 12.1. The quantitative estimate of drug-likeness (QED) is 0.317. The van der Waals surface area contributed by atoms with Gasteiger partial charge in [-0.1, -0.05) is 5.16 Å². The van der Waals surface area contributed by atoms with Crippen molar-refractivity contribution in [3.63, 3.8) is 0 Å². The predicted octanol–water partition coefficient (Wildman–Crippen LogP) is -4.49. The van der Waals surface area contributed by atoms with Crippen LogP contribution in [0.2, 0.25) is 0 Å². The van der Waals surface area contributed by atoms with E-state index >= 15 is 0 Å². The van der Waals surface area contributed by atoms with Crippen molar-refractivity contribution in [2.24, 2.45) is 5.73 Å². The van der Waals surface area contributed by atoms with Gasteiger partial charge in [0.2, 0.25) is 16.3 Å². The summed E-state index contributed by atoms with van der Waals surface area (Å²) in [5.74, 6) is -1.19. The smallest absolute Gasteiger partial charge is 0.724 e. The number of carbonyl (C=O) groups excluding carboxylic acids is 2. The molecule has 0 spiro atoms. The molecule has 0 unspecified atom stereocenters. The fourth-order valence-electron chi connectivity index (χ4n) is 2.56. The molecule has 120 valence electrons. The Morgan fingerprint density at radius 3 is 2.70 bits per heavy atom. The molecule has 23 heavy (non-hydrogen) atoms. The van der Waals surface area contributed by atoms with Gasteiger partial charge in [-0.3, -0.25) is 4.79 Å². The van der Waals surface area contributed by atoms with E-state index in [1.54, 1.807) is 0 Å². The number of hydrogen-bond donors (Lipinski definition) is 1. The predicted molar refractivity (Wildman–Crippen MR) is 63.3 cm³/mol. The Morgan fingerprint density at radius 2 is 2.13 bits per heavy atom. The molecule has 2 bridgehead atoms. The summed E-state index contributed by atoms with van der Waals surface area (Å²) in [4.78, 5) is 28.1. The summed E-state index contributed by atoms with van der Waals surface area (Å²) in [6.07, 6.45) is 0.728. The first-order valence-electron chi connectivity index (χ1n) is 6.15. The van der Waals surface area contributed by atoms with Crippen LogP contribution in [0.5, 0.6) is 0 Å². The molecule has 0 aromatic carbocycles. The average molecular weight is 355 g/mol. The molecule has 2 atom stereocenters. The molecule has 14 heteroatoms. The van der Waals surface area contributed by atoms with Crippen LogP contribution in [0.3, 0.4) is 0 Å². The van der Waals surface area contributed by atoms with Crippen molar-refractivity contribution in [2.75, 3.05) is 6.54 Å². The number of piperidine rings is 1. The number of hydrogen-bond acceptors (Lipinski definition) is 9. The molecule has 3 heterocycles. The Morgan fingerprint density at radius 1 is 1.43 bits per heavy atom. The molecule has 1 aromatic heterocycles. The summed E-state index contributed by atoms with van der Waals surface area (Å²) in [6.45, 7) is 0.132. The van der Waals surface area contributed by atoms with Gasteiger partial charge < -0.3 is 19.7 Å². The first-order chi connectivity index (χ1) is 10.3. The van der Waals surface area contributed by atoms with E-state index < -0.39 is 34.4 Å². The molecule has 0 radical (unpaired) electrons. The second-order valence-electron chi connectivity index (χ2n) is 4.81. The summed E-state index contributed by atoms with van der Waals surface area (Å²) >= 11 is 0. The molecule has 3 rings (SSSR count). The van der Waals surface area contributed by atoms with Crippen molar-refractivity contribution in [1.29, 1.82) is 0 Å². The Balaban J connectivity index is 0.00000192. The number of aromatic nitrogens is 2. The Labute approximate surface area is 152 Å². The maximum atomic E-state index is 12.1.